The summed E-state index contributed by atoms with van der Waals surface area (Å²) < 4.78 is 22.7. The molecule has 0 radical (unpaired) electrons. The molecule has 0 saturated heterocycles. The molecule has 1 atom stereocenters. The van der Waals surface area contributed by atoms with Crippen LogP contribution in [0, 0.1) is 11.3 Å². The van der Waals surface area contributed by atoms with Crippen molar-refractivity contribution in [3.63, 3.8) is 0 Å². The summed E-state index contributed by atoms with van der Waals surface area (Å²) in [7, 11) is -2.97. The molecule has 0 aliphatic carbocycles. The van der Waals surface area contributed by atoms with Crippen LogP contribution in [0.3, 0.4) is 0 Å². The Hall–Kier alpha value is -1.35. The van der Waals surface area contributed by atoms with Gasteiger partial charge in [0.2, 0.25) is 0 Å². The summed E-state index contributed by atoms with van der Waals surface area (Å²) in [4.78, 5) is 0. The lowest BCUT2D eigenvalue weighted by molar-refractivity contribution is 0.590. The van der Waals surface area contributed by atoms with Crippen LogP contribution in [0.25, 0.3) is 0 Å². The lowest BCUT2D eigenvalue weighted by atomic mass is 10.0. The van der Waals surface area contributed by atoms with Crippen LogP contribution in [0.5, 0.6) is 0 Å². The molecule has 15 heavy (non-hydrogen) atoms. The molecular formula is C9H11N3O2S. The summed E-state index contributed by atoms with van der Waals surface area (Å²) >= 11 is 0. The van der Waals surface area contributed by atoms with Gasteiger partial charge in [-0.25, -0.2) is 8.42 Å². The molecule has 2 heterocycles. The topological polar surface area (TPSA) is 86.6 Å². The molecule has 5 nitrogen and oxygen atoms in total. The van der Waals surface area contributed by atoms with Crippen molar-refractivity contribution >= 4 is 9.84 Å². The van der Waals surface area contributed by atoms with E-state index in [2.05, 4.69) is 16.3 Å². The number of nitriles is 1. The average Bonchev–Trinajstić information content (AvgIpc) is 2.57. The Kier molecular flexibility index (Phi) is 2.27. The third-order valence-corrected chi connectivity index (χ3v) is 4.17. The van der Waals surface area contributed by atoms with Crippen molar-refractivity contribution in [1.82, 2.24) is 10.2 Å². The molecule has 1 aliphatic heterocycles. The maximum atomic E-state index is 11.3. The van der Waals surface area contributed by atoms with Crippen LogP contribution in [0.2, 0.25) is 0 Å². The van der Waals surface area contributed by atoms with Crippen molar-refractivity contribution in [2.75, 3.05) is 5.75 Å². The number of hydrogen-bond donors (Lipinski definition) is 1. The first-order valence-electron chi connectivity index (χ1n) is 4.69. The minimum absolute atomic E-state index is 0.0213. The van der Waals surface area contributed by atoms with E-state index in [9.17, 15) is 8.42 Å². The first-order valence-corrected chi connectivity index (χ1v) is 6.51. The Bertz CT molecular complexity index is 524. The van der Waals surface area contributed by atoms with Crippen molar-refractivity contribution < 1.29 is 8.42 Å². The van der Waals surface area contributed by atoms with Crippen LogP contribution < -0.4 is 0 Å². The molecular weight excluding hydrogens is 214 g/mol. The maximum absolute atomic E-state index is 11.3. The zero-order chi connectivity index (χ0) is 11.1. The normalized spacial score (nSPS) is 20.3. The molecule has 1 N–H and O–H groups in total. The fourth-order valence-electron chi connectivity index (χ4n) is 1.78. The highest BCUT2D eigenvalue weighted by atomic mass is 32.2. The van der Waals surface area contributed by atoms with Gasteiger partial charge in [0.1, 0.15) is 0 Å². The predicted molar refractivity (Wildman–Crippen MR) is 53.8 cm³/mol. The third-order valence-electron chi connectivity index (χ3n) is 2.62. The van der Waals surface area contributed by atoms with Gasteiger partial charge >= 0.3 is 0 Å². The number of aromatic amines is 1. The highest BCUT2D eigenvalue weighted by molar-refractivity contribution is 7.90. The molecule has 0 fully saturated rings. The number of nitrogens with zero attached hydrogens (tertiary/aromatic N) is 2. The number of sulfone groups is 1. The van der Waals surface area contributed by atoms with Crippen molar-refractivity contribution in [2.45, 2.75) is 25.0 Å². The molecule has 1 aromatic rings. The minimum atomic E-state index is -2.97. The average molecular weight is 225 g/mol. The minimum Gasteiger partial charge on any atom is -0.281 e. The van der Waals surface area contributed by atoms with Crippen LogP contribution >= 0.6 is 0 Å². The van der Waals surface area contributed by atoms with Crippen LogP contribution in [-0.4, -0.2) is 24.4 Å². The van der Waals surface area contributed by atoms with Crippen molar-refractivity contribution in [2.24, 2.45) is 0 Å². The van der Waals surface area contributed by atoms with E-state index < -0.39 is 9.84 Å². The Morgan fingerprint density at radius 2 is 2.33 bits per heavy atom. The predicted octanol–water partition coefficient (Wildman–Crippen LogP) is 0.508. The van der Waals surface area contributed by atoms with Crippen LogP contribution in [-0.2, 0) is 22.0 Å². The third kappa shape index (κ3) is 1.75. The standard InChI is InChI=1S/C9H11N3O2S/c1-6(4-10)9-7-2-3-15(13,14)5-8(7)11-12-9/h6H,2-3,5H2,1H3,(H,11,12). The molecule has 1 unspecified atom stereocenters. The molecule has 2 rings (SSSR count). The van der Waals surface area contributed by atoms with Crippen molar-refractivity contribution in [3.8, 4) is 6.07 Å². The Morgan fingerprint density at radius 1 is 1.60 bits per heavy atom. The SMILES string of the molecule is CC(C#N)c1n[nH]c2c1CCS(=O)(=O)C2. The van der Waals surface area contributed by atoms with E-state index in [1.807, 2.05) is 0 Å². The number of aromatic nitrogens is 2. The molecule has 0 bridgehead atoms. The van der Waals surface area contributed by atoms with E-state index in [1.54, 1.807) is 6.92 Å². The summed E-state index contributed by atoms with van der Waals surface area (Å²) in [6.07, 6.45) is 0.468. The van der Waals surface area contributed by atoms with Gasteiger partial charge in [0.05, 0.1) is 34.9 Å². The van der Waals surface area contributed by atoms with Crippen molar-refractivity contribution in [3.05, 3.63) is 17.0 Å². The largest absolute Gasteiger partial charge is 0.281 e. The number of fused-ring (bicyclic) bond motifs is 1. The van der Waals surface area contributed by atoms with E-state index in [1.165, 1.54) is 0 Å². The molecule has 6 heteroatoms. The van der Waals surface area contributed by atoms with E-state index >= 15 is 0 Å². The quantitative estimate of drug-likeness (QED) is 0.754. The summed E-state index contributed by atoms with van der Waals surface area (Å²) in [6.45, 7) is 1.76. The fraction of sp³-hybridized carbons (Fsp3) is 0.556. The van der Waals surface area contributed by atoms with E-state index in [-0.39, 0.29) is 17.4 Å². The number of H-pyrrole nitrogens is 1. The van der Waals surface area contributed by atoms with Crippen LogP contribution in [0.15, 0.2) is 0 Å². The second-order valence-corrected chi connectivity index (χ2v) is 5.94. The number of nitrogens with one attached hydrogen (secondary N) is 1. The molecule has 0 aromatic carbocycles. The highest BCUT2D eigenvalue weighted by Crippen LogP contribution is 2.25. The number of hydrogen-bond acceptors (Lipinski definition) is 4. The molecule has 0 amide bonds. The van der Waals surface area contributed by atoms with Gasteiger partial charge in [-0.15, -0.1) is 0 Å². The highest BCUT2D eigenvalue weighted by Gasteiger charge is 2.27. The Labute approximate surface area is 88.0 Å². The van der Waals surface area contributed by atoms with Gasteiger partial charge in [0.15, 0.2) is 9.84 Å². The summed E-state index contributed by atoms with van der Waals surface area (Å²) in [5.41, 5.74) is 2.26. The van der Waals surface area contributed by atoms with Gasteiger partial charge in [-0.1, -0.05) is 0 Å². The summed E-state index contributed by atoms with van der Waals surface area (Å²) in [6, 6.07) is 2.11. The smallest absolute Gasteiger partial charge is 0.156 e. The van der Waals surface area contributed by atoms with Gasteiger partial charge in [0, 0.05) is 0 Å². The second kappa shape index (κ2) is 3.35. The van der Waals surface area contributed by atoms with E-state index in [4.69, 9.17) is 5.26 Å². The van der Waals surface area contributed by atoms with Crippen LogP contribution in [0.1, 0.15) is 29.8 Å². The monoisotopic (exact) mass is 225 g/mol. The molecule has 0 saturated carbocycles. The lowest BCUT2D eigenvalue weighted by Gasteiger charge is -2.12. The van der Waals surface area contributed by atoms with Gasteiger partial charge in [-0.05, 0) is 18.9 Å². The Balaban J connectivity index is 2.43. The molecule has 1 aliphatic rings. The van der Waals surface area contributed by atoms with Gasteiger partial charge in [-0.2, -0.15) is 10.4 Å². The van der Waals surface area contributed by atoms with Gasteiger partial charge < -0.3 is 0 Å². The molecule has 1 aromatic heterocycles. The number of rotatable bonds is 1. The summed E-state index contributed by atoms with van der Waals surface area (Å²) in [5.74, 6) is -0.108. The first kappa shape index (κ1) is 10.2. The van der Waals surface area contributed by atoms with Crippen molar-refractivity contribution in [1.29, 1.82) is 5.26 Å². The van der Waals surface area contributed by atoms with Crippen LogP contribution in [0.4, 0.5) is 0 Å². The van der Waals surface area contributed by atoms with E-state index in [0.29, 0.717) is 17.8 Å². The van der Waals surface area contributed by atoms with E-state index in [0.717, 1.165) is 5.56 Å². The fourth-order valence-corrected chi connectivity index (χ4v) is 3.12. The Morgan fingerprint density at radius 3 is 3.00 bits per heavy atom. The first-order chi connectivity index (χ1) is 7.03. The zero-order valence-electron chi connectivity index (χ0n) is 8.32. The lowest BCUT2D eigenvalue weighted by Crippen LogP contribution is -2.19. The molecule has 0 spiro atoms. The van der Waals surface area contributed by atoms with Gasteiger partial charge in [-0.3, -0.25) is 5.10 Å². The zero-order valence-corrected chi connectivity index (χ0v) is 9.13. The van der Waals surface area contributed by atoms with Gasteiger partial charge in [0.25, 0.3) is 0 Å². The molecule has 80 valence electrons. The summed E-state index contributed by atoms with van der Waals surface area (Å²) in [5, 5.41) is 15.5. The second-order valence-electron chi connectivity index (χ2n) is 3.76. The maximum Gasteiger partial charge on any atom is 0.156 e.